The van der Waals surface area contributed by atoms with Gasteiger partial charge in [0.05, 0.1) is 10.6 Å². The third-order valence-corrected chi connectivity index (χ3v) is 4.57. The van der Waals surface area contributed by atoms with Crippen LogP contribution in [0.5, 0.6) is 0 Å². The van der Waals surface area contributed by atoms with Gasteiger partial charge in [0.2, 0.25) is 0 Å². The molecule has 1 aromatic heterocycles. The molecule has 22 heavy (non-hydrogen) atoms. The van der Waals surface area contributed by atoms with Gasteiger partial charge in [-0.15, -0.1) is 0 Å². The lowest BCUT2D eigenvalue weighted by molar-refractivity contribution is 1.02. The third kappa shape index (κ3) is 3.61. The molecule has 1 heterocycles. The van der Waals surface area contributed by atoms with E-state index in [0.29, 0.717) is 5.02 Å². The molecule has 0 aliphatic heterocycles. The van der Waals surface area contributed by atoms with E-state index in [2.05, 4.69) is 9.97 Å². The molecule has 5 heteroatoms. The van der Waals surface area contributed by atoms with Gasteiger partial charge in [-0.05, 0) is 43.3 Å². The van der Waals surface area contributed by atoms with Gasteiger partial charge in [0, 0.05) is 26.7 Å². The van der Waals surface area contributed by atoms with E-state index in [4.69, 9.17) is 23.2 Å². The summed E-state index contributed by atoms with van der Waals surface area (Å²) in [4.78, 5) is 11.0. The normalized spacial score (nSPS) is 10.7. The molecule has 0 N–H and O–H groups in total. The number of rotatable bonds is 3. The Morgan fingerprint density at radius 2 is 1.45 bits per heavy atom. The zero-order chi connectivity index (χ0) is 15.5. The fourth-order valence-corrected chi connectivity index (χ4v) is 3.12. The maximum atomic E-state index is 5.96. The van der Waals surface area contributed by atoms with Crippen LogP contribution in [0.3, 0.4) is 0 Å². The Morgan fingerprint density at radius 3 is 2.09 bits per heavy atom. The summed E-state index contributed by atoms with van der Waals surface area (Å²) in [6.07, 6.45) is 1.85. The van der Waals surface area contributed by atoms with Gasteiger partial charge in [-0.25, -0.2) is 9.97 Å². The first kappa shape index (κ1) is 15.3. The summed E-state index contributed by atoms with van der Waals surface area (Å²) in [5.41, 5.74) is 1.93. The highest BCUT2D eigenvalue weighted by molar-refractivity contribution is 7.99. The standard InChI is InChI=1S/C17H12Cl2N2S/c1-11-20-10-16(22-15-8-6-14(19)7-9-15)17(21-11)12-2-4-13(18)5-3-12/h2-10H,1H3. The molecular weight excluding hydrogens is 335 g/mol. The Morgan fingerprint density at radius 1 is 0.864 bits per heavy atom. The molecule has 0 aliphatic carbocycles. The van der Waals surface area contributed by atoms with Crippen molar-refractivity contribution in [2.45, 2.75) is 16.7 Å². The smallest absolute Gasteiger partial charge is 0.125 e. The Hall–Kier alpha value is -1.55. The molecule has 0 atom stereocenters. The summed E-state index contributed by atoms with van der Waals surface area (Å²) in [6.45, 7) is 1.89. The first-order chi connectivity index (χ1) is 10.6. The number of halogens is 2. The second-order valence-electron chi connectivity index (χ2n) is 4.69. The van der Waals surface area contributed by atoms with Crippen molar-refractivity contribution in [2.75, 3.05) is 0 Å². The number of benzene rings is 2. The summed E-state index contributed by atoms with van der Waals surface area (Å²) in [6, 6.07) is 15.4. The van der Waals surface area contributed by atoms with Gasteiger partial charge in [-0.2, -0.15) is 0 Å². The van der Waals surface area contributed by atoms with Crippen molar-refractivity contribution in [3.63, 3.8) is 0 Å². The van der Waals surface area contributed by atoms with Crippen molar-refractivity contribution in [3.8, 4) is 11.3 Å². The molecule has 2 nitrogen and oxygen atoms in total. The van der Waals surface area contributed by atoms with Gasteiger partial charge in [-0.1, -0.05) is 47.1 Å². The van der Waals surface area contributed by atoms with Crippen molar-refractivity contribution >= 4 is 35.0 Å². The van der Waals surface area contributed by atoms with Crippen LogP contribution in [-0.2, 0) is 0 Å². The van der Waals surface area contributed by atoms with Gasteiger partial charge in [0.15, 0.2) is 0 Å². The van der Waals surface area contributed by atoms with Gasteiger partial charge >= 0.3 is 0 Å². The van der Waals surface area contributed by atoms with Crippen LogP contribution in [0.15, 0.2) is 64.5 Å². The van der Waals surface area contributed by atoms with Crippen molar-refractivity contribution in [3.05, 3.63) is 70.6 Å². The minimum absolute atomic E-state index is 0.710. The minimum atomic E-state index is 0.710. The largest absolute Gasteiger partial charge is 0.240 e. The monoisotopic (exact) mass is 346 g/mol. The molecule has 0 saturated heterocycles. The van der Waals surface area contributed by atoms with Crippen molar-refractivity contribution in [2.24, 2.45) is 0 Å². The fourth-order valence-electron chi connectivity index (χ4n) is 1.98. The van der Waals surface area contributed by atoms with Crippen molar-refractivity contribution in [1.29, 1.82) is 0 Å². The third-order valence-electron chi connectivity index (χ3n) is 3.03. The SMILES string of the molecule is Cc1ncc(Sc2ccc(Cl)cc2)c(-c2ccc(Cl)cc2)n1. The van der Waals surface area contributed by atoms with Crippen molar-refractivity contribution in [1.82, 2.24) is 9.97 Å². The average molecular weight is 347 g/mol. The zero-order valence-corrected chi connectivity index (χ0v) is 14.1. The Kier molecular flexibility index (Phi) is 4.67. The Bertz CT molecular complexity index is 787. The van der Waals surface area contributed by atoms with Gasteiger partial charge < -0.3 is 0 Å². The van der Waals surface area contributed by atoms with Crippen LogP contribution in [0.1, 0.15) is 5.82 Å². The van der Waals surface area contributed by atoms with Gasteiger partial charge in [0.25, 0.3) is 0 Å². The summed E-state index contributed by atoms with van der Waals surface area (Å²) in [5.74, 6) is 0.741. The maximum Gasteiger partial charge on any atom is 0.125 e. The quantitative estimate of drug-likeness (QED) is 0.589. The summed E-state index contributed by atoms with van der Waals surface area (Å²) in [5, 5.41) is 1.43. The molecule has 0 spiro atoms. The number of hydrogen-bond acceptors (Lipinski definition) is 3. The van der Waals surface area contributed by atoms with E-state index >= 15 is 0 Å². The lowest BCUT2D eigenvalue weighted by Gasteiger charge is -2.09. The average Bonchev–Trinajstić information content (AvgIpc) is 2.52. The van der Waals surface area contributed by atoms with Crippen LogP contribution < -0.4 is 0 Å². The number of hydrogen-bond donors (Lipinski definition) is 0. The molecule has 0 bridgehead atoms. The summed E-state index contributed by atoms with van der Waals surface area (Å²) >= 11 is 13.5. The second kappa shape index (κ2) is 6.69. The Balaban J connectivity index is 2.00. The highest BCUT2D eigenvalue weighted by atomic mass is 35.5. The van der Waals surface area contributed by atoms with E-state index in [9.17, 15) is 0 Å². The van der Waals surface area contributed by atoms with E-state index in [0.717, 1.165) is 31.9 Å². The lowest BCUT2D eigenvalue weighted by atomic mass is 10.1. The number of aryl methyl sites for hydroxylation is 1. The molecule has 0 aliphatic rings. The predicted octanol–water partition coefficient (Wildman–Crippen LogP) is 5.91. The van der Waals surface area contributed by atoms with Crippen LogP contribution in [0, 0.1) is 6.92 Å². The summed E-state index contributed by atoms with van der Waals surface area (Å²) < 4.78 is 0. The molecule has 3 rings (SSSR count). The van der Waals surface area contributed by atoms with Gasteiger partial charge in [-0.3, -0.25) is 0 Å². The van der Waals surface area contributed by atoms with E-state index < -0.39 is 0 Å². The van der Waals surface area contributed by atoms with Crippen LogP contribution in [0.2, 0.25) is 10.0 Å². The van der Waals surface area contributed by atoms with Crippen LogP contribution in [0.25, 0.3) is 11.3 Å². The highest BCUT2D eigenvalue weighted by Crippen LogP contribution is 2.35. The minimum Gasteiger partial charge on any atom is -0.240 e. The molecule has 3 aromatic rings. The predicted molar refractivity (Wildman–Crippen MR) is 92.8 cm³/mol. The molecule has 110 valence electrons. The summed E-state index contributed by atoms with van der Waals surface area (Å²) in [7, 11) is 0. The van der Waals surface area contributed by atoms with Crippen LogP contribution in [0.4, 0.5) is 0 Å². The van der Waals surface area contributed by atoms with E-state index in [1.54, 1.807) is 11.8 Å². The maximum absolute atomic E-state index is 5.96. The highest BCUT2D eigenvalue weighted by Gasteiger charge is 2.10. The van der Waals surface area contributed by atoms with E-state index in [1.165, 1.54) is 0 Å². The topological polar surface area (TPSA) is 25.8 Å². The molecule has 0 fully saturated rings. The molecular formula is C17H12Cl2N2S. The molecule has 0 saturated carbocycles. The molecule has 0 unspecified atom stereocenters. The first-order valence-electron chi connectivity index (χ1n) is 6.65. The molecule has 0 radical (unpaired) electrons. The lowest BCUT2D eigenvalue weighted by Crippen LogP contribution is -1.93. The fraction of sp³-hybridized carbons (Fsp3) is 0.0588. The van der Waals surface area contributed by atoms with Crippen LogP contribution >= 0.6 is 35.0 Å². The van der Waals surface area contributed by atoms with E-state index in [-0.39, 0.29) is 0 Å². The van der Waals surface area contributed by atoms with Gasteiger partial charge in [0.1, 0.15) is 5.82 Å². The Labute approximate surface area is 143 Å². The van der Waals surface area contributed by atoms with Crippen LogP contribution in [-0.4, -0.2) is 9.97 Å². The molecule has 2 aromatic carbocycles. The number of aromatic nitrogens is 2. The first-order valence-corrected chi connectivity index (χ1v) is 8.22. The second-order valence-corrected chi connectivity index (χ2v) is 6.68. The number of nitrogens with zero attached hydrogens (tertiary/aromatic N) is 2. The van der Waals surface area contributed by atoms with Crippen molar-refractivity contribution < 1.29 is 0 Å². The zero-order valence-electron chi connectivity index (χ0n) is 11.8. The van der Waals surface area contributed by atoms with E-state index in [1.807, 2.05) is 61.7 Å². The molecule has 0 amide bonds.